The first kappa shape index (κ1) is 10.2. The number of pyridine rings is 2. The lowest BCUT2D eigenvalue weighted by Gasteiger charge is -1.99. The number of aromatic nitrogens is 1. The van der Waals surface area contributed by atoms with Gasteiger partial charge in [0, 0.05) is 22.0 Å². The summed E-state index contributed by atoms with van der Waals surface area (Å²) in [4.78, 5) is 0. The largest absolute Gasteiger partial charge is 0.226 e. The molecule has 2 aromatic heterocycles. The predicted octanol–water partition coefficient (Wildman–Crippen LogP) is 4.10. The van der Waals surface area contributed by atoms with Crippen LogP contribution in [0.15, 0.2) is 57.7 Å². The normalized spacial score (nSPS) is 11.1. The fourth-order valence-electron chi connectivity index (χ4n) is 1.84. The first-order valence-electron chi connectivity index (χ1n) is 4.93. The van der Waals surface area contributed by atoms with Gasteiger partial charge in [-0.2, -0.15) is 4.40 Å². The molecule has 0 atom stereocenters. The Hall–Kier alpha value is -0.930. The Bertz CT molecular complexity index is 692. The minimum atomic E-state index is 1.07. The number of hydrogen-bond acceptors (Lipinski definition) is 0. The zero-order valence-electron chi connectivity index (χ0n) is 8.32. The SMILES string of the molecule is Brc1cc[n+]2cc3ccccc3cc2c1Br. The van der Waals surface area contributed by atoms with E-state index in [0.717, 1.165) is 14.5 Å². The third kappa shape index (κ3) is 1.55. The van der Waals surface area contributed by atoms with E-state index in [1.165, 1.54) is 10.8 Å². The molecule has 3 rings (SSSR count). The number of benzene rings is 1. The standard InChI is InChI=1S/C13H8Br2N/c14-11-5-6-16-8-10-4-2-1-3-9(10)7-12(16)13(11)15/h1-8H/q+1. The summed E-state index contributed by atoms with van der Waals surface area (Å²) >= 11 is 7.12. The highest BCUT2D eigenvalue weighted by atomic mass is 79.9. The van der Waals surface area contributed by atoms with Gasteiger partial charge < -0.3 is 0 Å². The number of fused-ring (bicyclic) bond motifs is 2. The van der Waals surface area contributed by atoms with Crippen LogP contribution in [0.1, 0.15) is 0 Å². The Balaban J connectivity index is 2.51. The van der Waals surface area contributed by atoms with Crippen LogP contribution < -0.4 is 4.40 Å². The molecule has 0 aliphatic rings. The van der Waals surface area contributed by atoms with Crippen LogP contribution in [0, 0.1) is 0 Å². The fourth-order valence-corrected chi connectivity index (χ4v) is 2.62. The van der Waals surface area contributed by atoms with Gasteiger partial charge in [0.15, 0.2) is 12.4 Å². The molecule has 0 aliphatic carbocycles. The summed E-state index contributed by atoms with van der Waals surface area (Å²) < 4.78 is 4.28. The molecule has 16 heavy (non-hydrogen) atoms. The summed E-state index contributed by atoms with van der Waals surface area (Å²) in [5.74, 6) is 0. The second kappa shape index (κ2) is 3.82. The minimum absolute atomic E-state index is 1.07. The molecule has 0 bridgehead atoms. The van der Waals surface area contributed by atoms with Crippen molar-refractivity contribution in [1.29, 1.82) is 0 Å². The van der Waals surface area contributed by atoms with E-state index in [1.807, 2.05) is 6.07 Å². The Morgan fingerprint density at radius 3 is 2.50 bits per heavy atom. The van der Waals surface area contributed by atoms with Gasteiger partial charge in [0.2, 0.25) is 5.52 Å². The molecule has 0 radical (unpaired) electrons. The van der Waals surface area contributed by atoms with Gasteiger partial charge >= 0.3 is 0 Å². The first-order valence-corrected chi connectivity index (χ1v) is 6.52. The van der Waals surface area contributed by atoms with E-state index in [2.05, 4.69) is 79.0 Å². The monoisotopic (exact) mass is 336 g/mol. The summed E-state index contributed by atoms with van der Waals surface area (Å²) in [5, 5.41) is 2.50. The average Bonchev–Trinajstić information content (AvgIpc) is 2.32. The van der Waals surface area contributed by atoms with Crippen LogP contribution >= 0.6 is 31.9 Å². The van der Waals surface area contributed by atoms with Crippen LogP contribution in [0.25, 0.3) is 16.3 Å². The van der Waals surface area contributed by atoms with Crippen LogP contribution in [-0.4, -0.2) is 0 Å². The van der Waals surface area contributed by atoms with E-state index in [4.69, 9.17) is 0 Å². The van der Waals surface area contributed by atoms with Crippen LogP contribution in [0.3, 0.4) is 0 Å². The van der Waals surface area contributed by atoms with Crippen molar-refractivity contribution in [2.75, 3.05) is 0 Å². The smallest absolute Gasteiger partial charge is 0.165 e. The lowest BCUT2D eigenvalue weighted by atomic mass is 10.1. The Kier molecular flexibility index (Phi) is 2.45. The quantitative estimate of drug-likeness (QED) is 0.429. The van der Waals surface area contributed by atoms with Crippen LogP contribution in [0.4, 0.5) is 0 Å². The molecule has 2 heterocycles. The maximum Gasteiger partial charge on any atom is 0.226 e. The van der Waals surface area contributed by atoms with Crippen molar-refractivity contribution in [3.05, 3.63) is 57.7 Å². The van der Waals surface area contributed by atoms with Gasteiger partial charge in [0.25, 0.3) is 0 Å². The molecular weight excluding hydrogens is 330 g/mol. The molecule has 0 unspecified atom stereocenters. The summed E-state index contributed by atoms with van der Waals surface area (Å²) in [6.45, 7) is 0. The van der Waals surface area contributed by atoms with Gasteiger partial charge in [-0.15, -0.1) is 0 Å². The van der Waals surface area contributed by atoms with Gasteiger partial charge in [-0.25, -0.2) is 0 Å². The molecule has 0 aliphatic heterocycles. The van der Waals surface area contributed by atoms with Crippen molar-refractivity contribution in [2.24, 2.45) is 0 Å². The van der Waals surface area contributed by atoms with E-state index in [-0.39, 0.29) is 0 Å². The number of hydrogen-bond donors (Lipinski definition) is 0. The number of halogens is 2. The molecule has 0 saturated carbocycles. The molecule has 3 aromatic rings. The highest BCUT2D eigenvalue weighted by Gasteiger charge is 2.11. The van der Waals surface area contributed by atoms with Crippen LogP contribution in [-0.2, 0) is 0 Å². The van der Waals surface area contributed by atoms with Crippen molar-refractivity contribution in [1.82, 2.24) is 0 Å². The van der Waals surface area contributed by atoms with Crippen molar-refractivity contribution < 1.29 is 4.40 Å². The zero-order chi connectivity index (χ0) is 11.1. The Labute approximate surface area is 110 Å². The second-order valence-electron chi connectivity index (χ2n) is 3.67. The van der Waals surface area contributed by atoms with Gasteiger partial charge in [-0.05, 0) is 43.3 Å². The van der Waals surface area contributed by atoms with Crippen molar-refractivity contribution in [3.8, 4) is 0 Å². The van der Waals surface area contributed by atoms with Gasteiger partial charge in [0.1, 0.15) is 4.47 Å². The average molecular weight is 338 g/mol. The molecule has 78 valence electrons. The Morgan fingerprint density at radius 1 is 0.938 bits per heavy atom. The summed E-state index contributed by atoms with van der Waals surface area (Å²) in [5.41, 5.74) is 1.16. The lowest BCUT2D eigenvalue weighted by Crippen LogP contribution is -2.20. The van der Waals surface area contributed by atoms with E-state index >= 15 is 0 Å². The molecule has 0 spiro atoms. The van der Waals surface area contributed by atoms with Crippen LogP contribution in [0.2, 0.25) is 0 Å². The first-order chi connectivity index (χ1) is 7.75. The summed E-state index contributed by atoms with van der Waals surface area (Å²) in [6, 6.07) is 12.6. The molecule has 1 aromatic carbocycles. The maximum atomic E-state index is 3.60. The molecule has 1 nitrogen and oxygen atoms in total. The van der Waals surface area contributed by atoms with E-state index in [0.29, 0.717) is 0 Å². The van der Waals surface area contributed by atoms with Gasteiger partial charge in [-0.1, -0.05) is 18.2 Å². The molecule has 0 fully saturated rings. The summed E-state index contributed by atoms with van der Waals surface area (Å²) in [7, 11) is 0. The van der Waals surface area contributed by atoms with E-state index < -0.39 is 0 Å². The highest BCUT2D eigenvalue weighted by molar-refractivity contribution is 9.13. The fraction of sp³-hybridized carbons (Fsp3) is 0. The Morgan fingerprint density at radius 2 is 1.69 bits per heavy atom. The molecule has 3 heteroatoms. The van der Waals surface area contributed by atoms with E-state index in [9.17, 15) is 0 Å². The third-order valence-electron chi connectivity index (χ3n) is 2.66. The number of rotatable bonds is 0. The highest BCUT2D eigenvalue weighted by Crippen LogP contribution is 2.26. The molecular formula is C13H8Br2N+. The van der Waals surface area contributed by atoms with Crippen molar-refractivity contribution in [2.45, 2.75) is 0 Å². The topological polar surface area (TPSA) is 4.10 Å². The van der Waals surface area contributed by atoms with Crippen molar-refractivity contribution >= 4 is 48.1 Å². The van der Waals surface area contributed by atoms with E-state index in [1.54, 1.807) is 0 Å². The maximum absolute atomic E-state index is 3.60. The van der Waals surface area contributed by atoms with Crippen molar-refractivity contribution in [3.63, 3.8) is 0 Å². The molecule has 0 saturated heterocycles. The second-order valence-corrected chi connectivity index (χ2v) is 5.32. The van der Waals surface area contributed by atoms with Crippen LogP contribution in [0.5, 0.6) is 0 Å². The van der Waals surface area contributed by atoms with Gasteiger partial charge in [0.05, 0.1) is 0 Å². The minimum Gasteiger partial charge on any atom is -0.165 e. The predicted molar refractivity (Wildman–Crippen MR) is 72.5 cm³/mol. The number of nitrogens with zero attached hydrogens (tertiary/aromatic N) is 1. The van der Waals surface area contributed by atoms with Gasteiger partial charge in [-0.3, -0.25) is 0 Å². The lowest BCUT2D eigenvalue weighted by molar-refractivity contribution is -0.510. The zero-order valence-corrected chi connectivity index (χ0v) is 11.5. The third-order valence-corrected chi connectivity index (χ3v) is 4.69. The molecule has 0 N–H and O–H groups in total. The summed E-state index contributed by atoms with van der Waals surface area (Å²) in [6.07, 6.45) is 4.19. The molecule has 0 amide bonds.